The number of hydrogen-bond acceptors (Lipinski definition) is 7. The smallest absolute Gasteiger partial charge is 0.222 e. The van der Waals surface area contributed by atoms with Crippen molar-refractivity contribution >= 4 is 34.8 Å². The van der Waals surface area contributed by atoms with Gasteiger partial charge in [0.15, 0.2) is 11.5 Å². The molecule has 0 radical (unpaired) electrons. The summed E-state index contributed by atoms with van der Waals surface area (Å²) >= 11 is 0. The fraction of sp³-hybridized carbons (Fsp3) is 0.0526. The van der Waals surface area contributed by atoms with Gasteiger partial charge in [-0.1, -0.05) is 18.2 Å². The highest BCUT2D eigenvalue weighted by Gasteiger charge is 2.10. The first-order valence-electron chi connectivity index (χ1n) is 8.47. The highest BCUT2D eigenvalue weighted by molar-refractivity contribution is 5.89. The Balaban J connectivity index is 1.53. The average Bonchev–Trinajstić information content (AvgIpc) is 3.15. The van der Waals surface area contributed by atoms with E-state index in [2.05, 4.69) is 35.9 Å². The number of hydrazone groups is 1. The van der Waals surface area contributed by atoms with Crippen LogP contribution in [0.3, 0.4) is 0 Å². The lowest BCUT2D eigenvalue weighted by Crippen LogP contribution is -2.07. The van der Waals surface area contributed by atoms with Crippen molar-refractivity contribution in [3.8, 4) is 5.69 Å². The van der Waals surface area contributed by atoms with Gasteiger partial charge in [-0.05, 0) is 24.3 Å². The number of nitrogens with one attached hydrogen (secondary N) is 2. The molecule has 4 rings (SSSR count). The molecule has 1 aromatic carbocycles. The van der Waals surface area contributed by atoms with E-state index in [1.165, 1.54) is 13.3 Å². The highest BCUT2D eigenvalue weighted by atomic mass is 16.1. The molecule has 0 spiro atoms. The van der Waals surface area contributed by atoms with Crippen LogP contribution in [0.1, 0.15) is 12.5 Å². The summed E-state index contributed by atoms with van der Waals surface area (Å²) in [6.07, 6.45) is 6.38. The largest absolute Gasteiger partial charge is 0.311 e. The highest BCUT2D eigenvalue weighted by Crippen LogP contribution is 2.21. The van der Waals surface area contributed by atoms with Crippen LogP contribution in [-0.2, 0) is 4.79 Å². The quantitative estimate of drug-likeness (QED) is 0.412. The molecule has 2 N–H and O–H groups in total. The van der Waals surface area contributed by atoms with E-state index in [0.717, 1.165) is 16.6 Å². The van der Waals surface area contributed by atoms with Crippen molar-refractivity contribution in [3.05, 3.63) is 66.7 Å². The summed E-state index contributed by atoms with van der Waals surface area (Å²) in [7, 11) is 0. The van der Waals surface area contributed by atoms with Crippen molar-refractivity contribution in [2.24, 2.45) is 5.10 Å². The Morgan fingerprint density at radius 1 is 1.07 bits per heavy atom. The van der Waals surface area contributed by atoms with Gasteiger partial charge in [0, 0.05) is 18.7 Å². The Kier molecular flexibility index (Phi) is 4.70. The second-order valence-electron chi connectivity index (χ2n) is 5.88. The topological polar surface area (TPSA) is 110 Å². The molecular weight excluding hydrogens is 356 g/mol. The van der Waals surface area contributed by atoms with Gasteiger partial charge in [-0.25, -0.2) is 19.6 Å². The normalized spacial score (nSPS) is 11.0. The molecule has 9 nitrogen and oxygen atoms in total. The molecule has 3 aromatic heterocycles. The molecule has 0 atom stereocenters. The number of fused-ring (bicyclic) bond motifs is 1. The molecule has 0 aliphatic carbocycles. The van der Waals surface area contributed by atoms with Crippen molar-refractivity contribution in [1.29, 1.82) is 0 Å². The number of aromatic nitrogens is 5. The Hall–Kier alpha value is -4.14. The van der Waals surface area contributed by atoms with Crippen molar-refractivity contribution < 1.29 is 4.79 Å². The summed E-state index contributed by atoms with van der Waals surface area (Å²) in [4.78, 5) is 23.7. The van der Waals surface area contributed by atoms with Gasteiger partial charge in [0.05, 0.1) is 23.5 Å². The molecule has 0 aliphatic rings. The third kappa shape index (κ3) is 3.68. The molecule has 0 aliphatic heterocycles. The molecule has 1 amide bonds. The van der Waals surface area contributed by atoms with Crippen LogP contribution in [0.2, 0.25) is 0 Å². The maximum absolute atomic E-state index is 11.0. The zero-order chi connectivity index (χ0) is 19.3. The van der Waals surface area contributed by atoms with E-state index in [0.29, 0.717) is 17.3 Å². The fourth-order valence-electron chi connectivity index (χ4n) is 2.60. The lowest BCUT2D eigenvalue weighted by molar-refractivity contribution is -0.114. The number of nitrogens with zero attached hydrogens (tertiary/aromatic N) is 6. The maximum Gasteiger partial charge on any atom is 0.222 e. The fourth-order valence-corrected chi connectivity index (χ4v) is 2.60. The van der Waals surface area contributed by atoms with Crippen molar-refractivity contribution in [2.75, 3.05) is 10.7 Å². The lowest BCUT2D eigenvalue weighted by atomic mass is 10.3. The summed E-state index contributed by atoms with van der Waals surface area (Å²) < 4.78 is 1.75. The van der Waals surface area contributed by atoms with Gasteiger partial charge in [-0.2, -0.15) is 10.2 Å². The molecule has 3 heterocycles. The summed E-state index contributed by atoms with van der Waals surface area (Å²) in [6, 6.07) is 13.2. The molecule has 4 aromatic rings. The molecule has 0 saturated heterocycles. The molecule has 0 unspecified atom stereocenters. The van der Waals surface area contributed by atoms with Gasteiger partial charge in [-0.3, -0.25) is 10.2 Å². The number of benzene rings is 1. The van der Waals surface area contributed by atoms with E-state index in [4.69, 9.17) is 0 Å². The van der Waals surface area contributed by atoms with Crippen molar-refractivity contribution in [3.63, 3.8) is 0 Å². The summed E-state index contributed by atoms with van der Waals surface area (Å²) in [5, 5.41) is 12.0. The number of rotatable bonds is 5. The number of para-hydroxylation sites is 1. The number of carbonyl (C=O) groups is 1. The van der Waals surface area contributed by atoms with Crippen LogP contribution in [-0.4, -0.2) is 36.9 Å². The van der Waals surface area contributed by atoms with E-state index in [-0.39, 0.29) is 5.91 Å². The van der Waals surface area contributed by atoms with Crippen LogP contribution in [0.4, 0.5) is 11.6 Å². The Morgan fingerprint density at radius 2 is 1.93 bits per heavy atom. The summed E-state index contributed by atoms with van der Waals surface area (Å²) in [6.45, 7) is 1.43. The lowest BCUT2D eigenvalue weighted by Gasteiger charge is -2.03. The molecule has 28 heavy (non-hydrogen) atoms. The Bertz CT molecular complexity index is 1140. The first kappa shape index (κ1) is 17.3. The monoisotopic (exact) mass is 372 g/mol. The molecule has 0 saturated carbocycles. The molecule has 9 heteroatoms. The summed E-state index contributed by atoms with van der Waals surface area (Å²) in [5.41, 5.74) is 5.28. The van der Waals surface area contributed by atoms with Crippen LogP contribution in [0.15, 0.2) is 66.3 Å². The predicted molar refractivity (Wildman–Crippen MR) is 106 cm³/mol. The first-order chi connectivity index (χ1) is 13.7. The van der Waals surface area contributed by atoms with E-state index < -0.39 is 0 Å². The molecule has 0 bridgehead atoms. The maximum atomic E-state index is 11.0. The van der Waals surface area contributed by atoms with E-state index in [1.54, 1.807) is 35.4 Å². The summed E-state index contributed by atoms with van der Waals surface area (Å²) in [5.74, 6) is 0.870. The minimum atomic E-state index is -0.167. The number of anilines is 2. The van der Waals surface area contributed by atoms with Gasteiger partial charge >= 0.3 is 0 Å². The van der Waals surface area contributed by atoms with E-state index in [9.17, 15) is 4.79 Å². The zero-order valence-electron chi connectivity index (χ0n) is 14.9. The standard InChI is InChI=1S/C19H16N8O/c1-13(28)25-17-8-7-14(9-20-17)10-23-26-18-16-11-24-27(19(16)22-12-21-18)15-5-3-2-4-6-15/h2-12H,1H3,(H,20,25,28)(H,21,22,26)/b23-10-. The second-order valence-corrected chi connectivity index (χ2v) is 5.88. The first-order valence-corrected chi connectivity index (χ1v) is 8.47. The van der Waals surface area contributed by atoms with Crippen molar-refractivity contribution in [1.82, 2.24) is 24.7 Å². The minimum absolute atomic E-state index is 0.167. The predicted octanol–water partition coefficient (Wildman–Crippen LogP) is 2.61. The molecule has 138 valence electrons. The van der Waals surface area contributed by atoms with Crippen LogP contribution >= 0.6 is 0 Å². The van der Waals surface area contributed by atoms with Crippen LogP contribution in [0.5, 0.6) is 0 Å². The molecule has 0 fully saturated rings. The Morgan fingerprint density at radius 3 is 2.68 bits per heavy atom. The van der Waals surface area contributed by atoms with Crippen LogP contribution in [0, 0.1) is 0 Å². The van der Waals surface area contributed by atoms with Crippen LogP contribution < -0.4 is 10.7 Å². The molecular formula is C19H16N8O. The van der Waals surface area contributed by atoms with Gasteiger partial charge in [0.25, 0.3) is 0 Å². The van der Waals surface area contributed by atoms with Gasteiger partial charge < -0.3 is 5.32 Å². The number of hydrogen-bond donors (Lipinski definition) is 2. The number of amides is 1. The van der Waals surface area contributed by atoms with Gasteiger partial charge in [-0.15, -0.1) is 0 Å². The van der Waals surface area contributed by atoms with Gasteiger partial charge in [0.2, 0.25) is 5.91 Å². The third-order valence-corrected chi connectivity index (χ3v) is 3.84. The van der Waals surface area contributed by atoms with E-state index >= 15 is 0 Å². The number of carbonyl (C=O) groups excluding carboxylic acids is 1. The van der Waals surface area contributed by atoms with Crippen LogP contribution in [0.25, 0.3) is 16.7 Å². The number of pyridine rings is 1. The zero-order valence-corrected chi connectivity index (χ0v) is 14.9. The second kappa shape index (κ2) is 7.62. The Labute approximate surface area is 160 Å². The van der Waals surface area contributed by atoms with Gasteiger partial charge in [0.1, 0.15) is 12.1 Å². The average molecular weight is 372 g/mol. The van der Waals surface area contributed by atoms with E-state index in [1.807, 2.05) is 30.3 Å². The minimum Gasteiger partial charge on any atom is -0.311 e. The SMILES string of the molecule is CC(=O)Nc1ccc(/C=N\Nc2ncnc3c2cnn3-c2ccccc2)cn1. The third-order valence-electron chi connectivity index (χ3n) is 3.84. The van der Waals surface area contributed by atoms with Crippen molar-refractivity contribution in [2.45, 2.75) is 6.92 Å².